The Bertz CT molecular complexity index is 820. The smallest absolute Gasteiger partial charge is 0.246 e. The van der Waals surface area contributed by atoms with Crippen LogP contribution in [0.5, 0.6) is 0 Å². The molecule has 0 radical (unpaired) electrons. The summed E-state index contributed by atoms with van der Waals surface area (Å²) in [5.74, 6) is 0.390. The number of piperidine rings is 1. The first kappa shape index (κ1) is 19.6. The Labute approximate surface area is 166 Å². The maximum atomic E-state index is 12.3. The first-order chi connectivity index (χ1) is 13.7. The van der Waals surface area contributed by atoms with Crippen LogP contribution in [-0.4, -0.2) is 36.3 Å². The molecule has 0 unspecified atom stereocenters. The molecule has 144 valence electrons. The van der Waals surface area contributed by atoms with Gasteiger partial charge in [0.1, 0.15) is 0 Å². The quantitative estimate of drug-likeness (QED) is 0.783. The molecule has 0 spiro atoms. The van der Waals surface area contributed by atoms with Crippen LogP contribution in [0.25, 0.3) is 12.2 Å². The average Bonchev–Trinajstić information content (AvgIpc) is 2.76. The van der Waals surface area contributed by atoms with Gasteiger partial charge in [-0.05, 0) is 42.0 Å². The highest BCUT2D eigenvalue weighted by atomic mass is 16.2. The number of rotatable bonds is 6. The highest BCUT2D eigenvalue weighted by molar-refractivity contribution is 5.92. The van der Waals surface area contributed by atoms with Crippen molar-refractivity contribution in [3.63, 3.8) is 0 Å². The molecule has 1 fully saturated rings. The SMILES string of the molecule is O=C(/C=C/c1ccccc1)NCC1CCN(C(=O)/C=C/c2ccccc2)CC1. The lowest BCUT2D eigenvalue weighted by Gasteiger charge is -2.31. The van der Waals surface area contributed by atoms with Crippen LogP contribution < -0.4 is 5.32 Å². The average molecular weight is 374 g/mol. The molecular formula is C24H26N2O2. The molecule has 2 amide bonds. The molecule has 2 aromatic carbocycles. The molecule has 0 saturated carbocycles. The Balaban J connectivity index is 1.38. The van der Waals surface area contributed by atoms with Crippen molar-refractivity contribution < 1.29 is 9.59 Å². The summed E-state index contributed by atoms with van der Waals surface area (Å²) in [4.78, 5) is 26.2. The van der Waals surface area contributed by atoms with Crippen LogP contribution in [0, 0.1) is 5.92 Å². The van der Waals surface area contributed by atoms with E-state index in [1.54, 1.807) is 12.2 Å². The normalized spacial score (nSPS) is 15.2. The number of benzene rings is 2. The zero-order valence-corrected chi connectivity index (χ0v) is 16.0. The predicted octanol–water partition coefficient (Wildman–Crippen LogP) is 3.77. The summed E-state index contributed by atoms with van der Waals surface area (Å²) in [5.41, 5.74) is 2.03. The summed E-state index contributed by atoms with van der Waals surface area (Å²) in [5, 5.41) is 2.97. The Kier molecular flexibility index (Phi) is 7.19. The number of nitrogens with zero attached hydrogens (tertiary/aromatic N) is 1. The fourth-order valence-corrected chi connectivity index (χ4v) is 3.23. The zero-order valence-electron chi connectivity index (χ0n) is 16.0. The van der Waals surface area contributed by atoms with Crippen molar-refractivity contribution in [2.45, 2.75) is 12.8 Å². The largest absolute Gasteiger partial charge is 0.352 e. The lowest BCUT2D eigenvalue weighted by atomic mass is 9.96. The Morgan fingerprint density at radius 1 is 0.857 bits per heavy atom. The molecule has 2 aromatic rings. The molecule has 4 heteroatoms. The van der Waals surface area contributed by atoms with Gasteiger partial charge in [-0.25, -0.2) is 0 Å². The van der Waals surface area contributed by atoms with Crippen LogP contribution in [-0.2, 0) is 9.59 Å². The number of hydrogen-bond donors (Lipinski definition) is 1. The minimum Gasteiger partial charge on any atom is -0.352 e. The summed E-state index contributed by atoms with van der Waals surface area (Å²) in [6.45, 7) is 2.12. The highest BCUT2D eigenvalue weighted by Gasteiger charge is 2.21. The maximum Gasteiger partial charge on any atom is 0.246 e. The van der Waals surface area contributed by atoms with E-state index in [9.17, 15) is 9.59 Å². The van der Waals surface area contributed by atoms with Gasteiger partial charge in [-0.1, -0.05) is 60.7 Å². The van der Waals surface area contributed by atoms with Crippen LogP contribution >= 0.6 is 0 Å². The number of nitrogens with one attached hydrogen (secondary N) is 1. The molecule has 1 aliphatic rings. The standard InChI is InChI=1S/C24H26N2O2/c27-23(13-11-20-7-3-1-4-8-20)25-19-22-15-17-26(18-16-22)24(28)14-12-21-9-5-2-6-10-21/h1-14,22H,15-19H2,(H,25,27)/b13-11+,14-12+. The molecule has 0 atom stereocenters. The van der Waals surface area contributed by atoms with Gasteiger partial charge >= 0.3 is 0 Å². The molecule has 1 aliphatic heterocycles. The van der Waals surface area contributed by atoms with Crippen molar-refractivity contribution in [2.75, 3.05) is 19.6 Å². The van der Waals surface area contributed by atoms with Crippen molar-refractivity contribution in [2.24, 2.45) is 5.92 Å². The minimum atomic E-state index is -0.0758. The Morgan fingerprint density at radius 3 is 1.96 bits per heavy atom. The van der Waals surface area contributed by atoms with Crippen LogP contribution in [0.3, 0.4) is 0 Å². The summed E-state index contributed by atoms with van der Waals surface area (Å²) < 4.78 is 0. The van der Waals surface area contributed by atoms with Gasteiger partial charge in [-0.15, -0.1) is 0 Å². The van der Waals surface area contributed by atoms with Crippen molar-refractivity contribution in [1.29, 1.82) is 0 Å². The maximum absolute atomic E-state index is 12.3. The zero-order chi connectivity index (χ0) is 19.6. The Morgan fingerprint density at radius 2 is 1.39 bits per heavy atom. The van der Waals surface area contributed by atoms with E-state index in [-0.39, 0.29) is 11.8 Å². The number of hydrogen-bond acceptors (Lipinski definition) is 2. The van der Waals surface area contributed by atoms with Crippen molar-refractivity contribution >= 4 is 24.0 Å². The lowest BCUT2D eigenvalue weighted by molar-refractivity contribution is -0.127. The topological polar surface area (TPSA) is 49.4 Å². The lowest BCUT2D eigenvalue weighted by Crippen LogP contribution is -2.40. The van der Waals surface area contributed by atoms with E-state index in [0.29, 0.717) is 12.5 Å². The van der Waals surface area contributed by atoms with Gasteiger partial charge in [0.15, 0.2) is 0 Å². The minimum absolute atomic E-state index is 0.0529. The molecule has 28 heavy (non-hydrogen) atoms. The molecule has 1 heterocycles. The summed E-state index contributed by atoms with van der Waals surface area (Å²) in [6.07, 6.45) is 8.71. The third-order valence-electron chi connectivity index (χ3n) is 4.94. The van der Waals surface area contributed by atoms with E-state index in [0.717, 1.165) is 37.1 Å². The molecule has 4 nitrogen and oxygen atoms in total. The van der Waals surface area contributed by atoms with E-state index in [2.05, 4.69) is 5.32 Å². The van der Waals surface area contributed by atoms with Gasteiger partial charge in [0.05, 0.1) is 0 Å². The third kappa shape index (κ3) is 6.23. The summed E-state index contributed by atoms with van der Waals surface area (Å²) >= 11 is 0. The number of carbonyl (C=O) groups excluding carboxylic acids is 2. The molecule has 1 N–H and O–H groups in total. The molecule has 0 bridgehead atoms. The van der Waals surface area contributed by atoms with Gasteiger partial charge in [0.25, 0.3) is 0 Å². The number of likely N-dealkylation sites (tertiary alicyclic amines) is 1. The third-order valence-corrected chi connectivity index (χ3v) is 4.94. The predicted molar refractivity (Wildman–Crippen MR) is 113 cm³/mol. The molecule has 3 rings (SSSR count). The van der Waals surface area contributed by atoms with Crippen LogP contribution in [0.4, 0.5) is 0 Å². The molecule has 1 saturated heterocycles. The highest BCUT2D eigenvalue weighted by Crippen LogP contribution is 2.17. The van der Waals surface area contributed by atoms with E-state index in [1.807, 2.05) is 77.7 Å². The second kappa shape index (κ2) is 10.3. The van der Waals surface area contributed by atoms with Gasteiger partial charge in [0, 0.05) is 31.8 Å². The Hall–Kier alpha value is -3.14. The first-order valence-corrected chi connectivity index (χ1v) is 9.74. The van der Waals surface area contributed by atoms with E-state index < -0.39 is 0 Å². The fourth-order valence-electron chi connectivity index (χ4n) is 3.23. The van der Waals surface area contributed by atoms with Gasteiger partial charge in [-0.3, -0.25) is 9.59 Å². The van der Waals surface area contributed by atoms with Crippen LogP contribution in [0.1, 0.15) is 24.0 Å². The van der Waals surface area contributed by atoms with E-state index in [1.165, 1.54) is 0 Å². The summed E-state index contributed by atoms with van der Waals surface area (Å²) in [6, 6.07) is 19.6. The fraction of sp³-hybridized carbons (Fsp3) is 0.250. The number of carbonyl (C=O) groups is 2. The van der Waals surface area contributed by atoms with Gasteiger partial charge < -0.3 is 10.2 Å². The van der Waals surface area contributed by atoms with Gasteiger partial charge in [-0.2, -0.15) is 0 Å². The van der Waals surface area contributed by atoms with E-state index >= 15 is 0 Å². The van der Waals surface area contributed by atoms with Crippen LogP contribution in [0.15, 0.2) is 72.8 Å². The van der Waals surface area contributed by atoms with Crippen molar-refractivity contribution in [1.82, 2.24) is 10.2 Å². The number of amides is 2. The molecule has 0 aliphatic carbocycles. The van der Waals surface area contributed by atoms with Crippen molar-refractivity contribution in [3.05, 3.63) is 83.9 Å². The van der Waals surface area contributed by atoms with Crippen LogP contribution in [0.2, 0.25) is 0 Å². The molecule has 0 aromatic heterocycles. The van der Waals surface area contributed by atoms with Crippen molar-refractivity contribution in [3.8, 4) is 0 Å². The summed E-state index contributed by atoms with van der Waals surface area (Å²) in [7, 11) is 0. The second-order valence-corrected chi connectivity index (χ2v) is 7.00. The monoisotopic (exact) mass is 374 g/mol. The first-order valence-electron chi connectivity index (χ1n) is 9.74. The molecular weight excluding hydrogens is 348 g/mol. The van der Waals surface area contributed by atoms with Gasteiger partial charge in [0.2, 0.25) is 11.8 Å². The van der Waals surface area contributed by atoms with E-state index in [4.69, 9.17) is 0 Å². The second-order valence-electron chi connectivity index (χ2n) is 7.00.